The van der Waals surface area contributed by atoms with Crippen LogP contribution in [-0.4, -0.2) is 22.0 Å². The van der Waals surface area contributed by atoms with Gasteiger partial charge in [0.15, 0.2) is 0 Å². The van der Waals surface area contributed by atoms with Crippen LogP contribution in [-0.2, 0) is 0 Å². The average Bonchev–Trinajstić information content (AvgIpc) is 3.04. The minimum atomic E-state index is -0.421. The molecule has 0 radical (unpaired) electrons. The molecule has 20 heavy (non-hydrogen) atoms. The number of nitrogens with two attached hydrogens (primary N) is 1. The Labute approximate surface area is 118 Å². The number of para-hydroxylation sites is 1. The number of carbonyl (C=O) groups excluding carboxylic acids is 1. The van der Waals surface area contributed by atoms with Crippen LogP contribution in [0.3, 0.4) is 0 Å². The number of fused-ring (bicyclic) bond motifs is 1. The number of hydrogen-bond acceptors (Lipinski definition) is 3. The predicted octanol–water partition coefficient (Wildman–Crippen LogP) is 2.14. The number of benzene rings is 1. The Kier molecular flexibility index (Phi) is 3.22. The first-order chi connectivity index (χ1) is 9.59. The number of imidazole rings is 1. The predicted molar refractivity (Wildman–Crippen MR) is 78.6 cm³/mol. The zero-order valence-corrected chi connectivity index (χ0v) is 11.9. The highest BCUT2D eigenvalue weighted by atomic mass is 16.1. The molecular weight excluding hydrogens is 252 g/mol. The molecule has 5 nitrogen and oxygen atoms in total. The Hall–Kier alpha value is -1.88. The van der Waals surface area contributed by atoms with Gasteiger partial charge in [0, 0.05) is 6.04 Å². The molecule has 3 N–H and O–H groups in total. The molecule has 1 aromatic carbocycles. The molecular formula is C15H20N4O. The molecule has 1 atom stereocenters. The minimum absolute atomic E-state index is 0.269. The van der Waals surface area contributed by atoms with E-state index in [2.05, 4.69) is 23.7 Å². The van der Waals surface area contributed by atoms with Crippen molar-refractivity contribution in [2.75, 3.05) is 6.54 Å². The summed E-state index contributed by atoms with van der Waals surface area (Å²) in [4.78, 5) is 16.3. The molecule has 106 valence electrons. The van der Waals surface area contributed by atoms with Gasteiger partial charge in [-0.25, -0.2) is 4.98 Å². The lowest BCUT2D eigenvalue weighted by molar-refractivity contribution is 0.100. The fourth-order valence-electron chi connectivity index (χ4n) is 3.03. The molecule has 0 saturated carbocycles. The quantitative estimate of drug-likeness (QED) is 0.899. The van der Waals surface area contributed by atoms with Crippen LogP contribution >= 0.6 is 0 Å². The van der Waals surface area contributed by atoms with Crippen LogP contribution in [0.25, 0.3) is 11.0 Å². The molecule has 1 fully saturated rings. The number of rotatable bonds is 3. The van der Waals surface area contributed by atoms with Crippen molar-refractivity contribution in [3.05, 3.63) is 29.6 Å². The number of primary amides is 1. The Morgan fingerprint density at radius 2 is 2.30 bits per heavy atom. The van der Waals surface area contributed by atoms with Gasteiger partial charge in [-0.15, -0.1) is 0 Å². The lowest BCUT2D eigenvalue weighted by Gasteiger charge is -2.17. The summed E-state index contributed by atoms with van der Waals surface area (Å²) in [6.45, 7) is 5.29. The molecule has 0 aliphatic carbocycles. The van der Waals surface area contributed by atoms with E-state index in [0.717, 1.165) is 36.2 Å². The number of aromatic nitrogens is 2. The second-order valence-corrected chi connectivity index (χ2v) is 5.62. The van der Waals surface area contributed by atoms with E-state index >= 15 is 0 Å². The van der Waals surface area contributed by atoms with Crippen molar-refractivity contribution in [1.82, 2.24) is 14.9 Å². The standard InChI is InChI=1S/C15H20N4O/c1-9(2)19-12-7-3-5-10(14(16)20)13(12)18-15(19)11-6-4-8-17-11/h3,5,7,9,11,17H,4,6,8H2,1-2H3,(H2,16,20). The van der Waals surface area contributed by atoms with Gasteiger partial charge in [0.05, 0.1) is 17.1 Å². The van der Waals surface area contributed by atoms with Crippen molar-refractivity contribution in [2.45, 2.75) is 38.8 Å². The monoisotopic (exact) mass is 272 g/mol. The largest absolute Gasteiger partial charge is 0.366 e. The van der Waals surface area contributed by atoms with Crippen LogP contribution in [0.4, 0.5) is 0 Å². The van der Waals surface area contributed by atoms with Gasteiger partial charge >= 0.3 is 0 Å². The van der Waals surface area contributed by atoms with E-state index in [1.165, 1.54) is 0 Å². The second kappa shape index (κ2) is 4.90. The first-order valence-corrected chi connectivity index (χ1v) is 7.13. The van der Waals surface area contributed by atoms with Crippen LogP contribution < -0.4 is 11.1 Å². The highest BCUT2D eigenvalue weighted by Gasteiger charge is 2.25. The van der Waals surface area contributed by atoms with E-state index in [4.69, 9.17) is 10.7 Å². The smallest absolute Gasteiger partial charge is 0.250 e. The molecule has 1 amide bonds. The Morgan fingerprint density at radius 1 is 1.50 bits per heavy atom. The SMILES string of the molecule is CC(C)n1c(C2CCCN2)nc2c(C(N)=O)cccc21. The maximum Gasteiger partial charge on any atom is 0.250 e. The molecule has 1 saturated heterocycles. The molecule has 0 spiro atoms. The van der Waals surface area contributed by atoms with Crippen LogP contribution in [0.15, 0.2) is 18.2 Å². The molecule has 1 aromatic heterocycles. The number of amides is 1. The zero-order valence-electron chi connectivity index (χ0n) is 11.9. The first-order valence-electron chi connectivity index (χ1n) is 7.13. The molecule has 2 heterocycles. The van der Waals surface area contributed by atoms with Gasteiger partial charge < -0.3 is 15.6 Å². The van der Waals surface area contributed by atoms with Crippen LogP contribution in [0.5, 0.6) is 0 Å². The van der Waals surface area contributed by atoms with E-state index in [0.29, 0.717) is 11.6 Å². The fraction of sp³-hybridized carbons (Fsp3) is 0.467. The Bertz CT molecular complexity index is 653. The molecule has 1 unspecified atom stereocenters. The highest BCUT2D eigenvalue weighted by Crippen LogP contribution is 2.30. The van der Waals surface area contributed by atoms with Crippen LogP contribution in [0.1, 0.15) is 55.0 Å². The minimum Gasteiger partial charge on any atom is -0.366 e. The van der Waals surface area contributed by atoms with E-state index < -0.39 is 5.91 Å². The maximum atomic E-state index is 11.6. The fourth-order valence-corrected chi connectivity index (χ4v) is 3.03. The molecule has 5 heteroatoms. The van der Waals surface area contributed by atoms with Gasteiger partial charge in [-0.1, -0.05) is 6.07 Å². The summed E-state index contributed by atoms with van der Waals surface area (Å²) in [7, 11) is 0. The summed E-state index contributed by atoms with van der Waals surface area (Å²) in [5.74, 6) is 0.594. The summed E-state index contributed by atoms with van der Waals surface area (Å²) in [5, 5.41) is 3.48. The third kappa shape index (κ3) is 1.98. The van der Waals surface area contributed by atoms with Gasteiger partial charge in [0.2, 0.25) is 0 Å². The summed E-state index contributed by atoms with van der Waals surface area (Å²) in [5.41, 5.74) is 7.67. The van der Waals surface area contributed by atoms with Crippen molar-refractivity contribution in [3.8, 4) is 0 Å². The van der Waals surface area contributed by atoms with E-state index in [1.807, 2.05) is 12.1 Å². The van der Waals surface area contributed by atoms with Gasteiger partial charge in [-0.3, -0.25) is 4.79 Å². The highest BCUT2D eigenvalue weighted by molar-refractivity contribution is 6.04. The molecule has 2 aromatic rings. The van der Waals surface area contributed by atoms with Crippen molar-refractivity contribution >= 4 is 16.9 Å². The summed E-state index contributed by atoms with van der Waals surface area (Å²) < 4.78 is 2.21. The van der Waals surface area contributed by atoms with Crippen LogP contribution in [0, 0.1) is 0 Å². The van der Waals surface area contributed by atoms with Gasteiger partial charge in [0.25, 0.3) is 5.91 Å². The maximum absolute atomic E-state index is 11.6. The molecule has 1 aliphatic rings. The third-order valence-electron chi connectivity index (χ3n) is 3.90. The summed E-state index contributed by atoms with van der Waals surface area (Å²) in [6, 6.07) is 6.18. The number of nitrogens with one attached hydrogen (secondary N) is 1. The average molecular weight is 272 g/mol. The lowest BCUT2D eigenvalue weighted by Crippen LogP contribution is -2.19. The van der Waals surface area contributed by atoms with Gasteiger partial charge in [0.1, 0.15) is 11.3 Å². The van der Waals surface area contributed by atoms with Crippen molar-refractivity contribution < 1.29 is 4.79 Å². The molecule has 0 bridgehead atoms. The van der Waals surface area contributed by atoms with E-state index in [1.54, 1.807) is 6.07 Å². The summed E-state index contributed by atoms with van der Waals surface area (Å²) in [6.07, 6.45) is 2.25. The topological polar surface area (TPSA) is 72.9 Å². The number of nitrogens with zero attached hydrogens (tertiary/aromatic N) is 2. The number of carbonyl (C=O) groups is 1. The Morgan fingerprint density at radius 3 is 2.90 bits per heavy atom. The third-order valence-corrected chi connectivity index (χ3v) is 3.90. The van der Waals surface area contributed by atoms with E-state index in [-0.39, 0.29) is 6.04 Å². The van der Waals surface area contributed by atoms with E-state index in [9.17, 15) is 4.79 Å². The normalized spacial score (nSPS) is 19.1. The van der Waals surface area contributed by atoms with Gasteiger partial charge in [-0.05, 0) is 45.4 Å². The summed E-state index contributed by atoms with van der Waals surface area (Å²) >= 11 is 0. The van der Waals surface area contributed by atoms with Gasteiger partial charge in [-0.2, -0.15) is 0 Å². The molecule has 3 rings (SSSR count). The van der Waals surface area contributed by atoms with Crippen LogP contribution in [0.2, 0.25) is 0 Å². The number of hydrogen-bond donors (Lipinski definition) is 2. The Balaban J connectivity index is 2.26. The van der Waals surface area contributed by atoms with Crippen molar-refractivity contribution in [2.24, 2.45) is 5.73 Å². The second-order valence-electron chi connectivity index (χ2n) is 5.62. The van der Waals surface area contributed by atoms with Crippen molar-refractivity contribution in [1.29, 1.82) is 0 Å². The molecule has 1 aliphatic heterocycles. The first kappa shape index (κ1) is 13.1. The zero-order chi connectivity index (χ0) is 14.3. The lowest BCUT2D eigenvalue weighted by atomic mass is 10.1. The van der Waals surface area contributed by atoms with Crippen molar-refractivity contribution in [3.63, 3.8) is 0 Å².